The number of hydrogen-bond donors (Lipinski definition) is 0. The molecule has 2 rings (SSSR count). The predicted molar refractivity (Wildman–Crippen MR) is 87.1 cm³/mol. The third kappa shape index (κ3) is 4.52. The Morgan fingerprint density at radius 3 is 2.23 bits per heavy atom. The van der Waals surface area contributed by atoms with Crippen LogP contribution in [0.25, 0.3) is 11.3 Å². The van der Waals surface area contributed by atoms with Crippen molar-refractivity contribution < 1.29 is 26.3 Å². The molecule has 0 spiro atoms. The SMILES string of the molecule is CCc1nn(CC)c(-c2ccc(CCC(F)(F)F)cc2C(F)(F)F)c1Cl. The van der Waals surface area contributed by atoms with E-state index in [9.17, 15) is 26.3 Å². The van der Waals surface area contributed by atoms with Gasteiger partial charge in [-0.3, -0.25) is 4.68 Å². The van der Waals surface area contributed by atoms with Crippen molar-refractivity contribution in [2.24, 2.45) is 0 Å². The smallest absolute Gasteiger partial charge is 0.263 e. The quantitative estimate of drug-likeness (QED) is 0.540. The van der Waals surface area contributed by atoms with Crippen LogP contribution >= 0.6 is 11.6 Å². The summed E-state index contributed by atoms with van der Waals surface area (Å²) in [6.45, 7) is 3.81. The van der Waals surface area contributed by atoms with Gasteiger partial charge < -0.3 is 0 Å². The minimum absolute atomic E-state index is 0.0344. The summed E-state index contributed by atoms with van der Waals surface area (Å²) in [6, 6.07) is 3.20. The van der Waals surface area contributed by atoms with Gasteiger partial charge in [0.15, 0.2) is 0 Å². The van der Waals surface area contributed by atoms with Crippen molar-refractivity contribution in [3.8, 4) is 11.3 Å². The average Bonchev–Trinajstić information content (AvgIpc) is 2.87. The molecule has 0 amide bonds. The molecule has 9 heteroatoms. The maximum Gasteiger partial charge on any atom is 0.417 e. The Hall–Kier alpha value is -1.70. The fraction of sp³-hybridized carbons (Fsp3) is 0.471. The number of rotatable bonds is 5. The van der Waals surface area contributed by atoms with E-state index in [1.54, 1.807) is 13.8 Å². The molecule has 0 N–H and O–H groups in total. The van der Waals surface area contributed by atoms with Crippen LogP contribution in [0.5, 0.6) is 0 Å². The van der Waals surface area contributed by atoms with E-state index in [0.717, 1.165) is 6.07 Å². The Bertz CT molecular complexity index is 777. The van der Waals surface area contributed by atoms with Gasteiger partial charge in [-0.1, -0.05) is 30.7 Å². The second-order valence-corrected chi connectivity index (χ2v) is 6.15. The molecule has 1 aromatic heterocycles. The van der Waals surface area contributed by atoms with Crippen LogP contribution < -0.4 is 0 Å². The molecule has 0 aliphatic heterocycles. The van der Waals surface area contributed by atoms with E-state index in [-0.39, 0.29) is 21.8 Å². The molecule has 0 atom stereocenters. The molecule has 26 heavy (non-hydrogen) atoms. The number of nitrogens with zero attached hydrogens (tertiary/aromatic N) is 2. The second kappa shape index (κ2) is 7.50. The highest BCUT2D eigenvalue weighted by atomic mass is 35.5. The molecule has 2 nitrogen and oxygen atoms in total. The van der Waals surface area contributed by atoms with E-state index >= 15 is 0 Å². The van der Waals surface area contributed by atoms with Gasteiger partial charge in [-0.2, -0.15) is 31.4 Å². The topological polar surface area (TPSA) is 17.8 Å². The summed E-state index contributed by atoms with van der Waals surface area (Å²) >= 11 is 6.23. The lowest BCUT2D eigenvalue weighted by atomic mass is 9.98. The first kappa shape index (κ1) is 20.6. The van der Waals surface area contributed by atoms with Crippen molar-refractivity contribution in [3.63, 3.8) is 0 Å². The average molecular weight is 399 g/mol. The van der Waals surface area contributed by atoms with Gasteiger partial charge in [-0.05, 0) is 31.4 Å². The number of hydrogen-bond acceptors (Lipinski definition) is 1. The van der Waals surface area contributed by atoms with E-state index < -0.39 is 30.8 Å². The number of alkyl halides is 6. The summed E-state index contributed by atoms with van der Waals surface area (Å²) < 4.78 is 79.1. The summed E-state index contributed by atoms with van der Waals surface area (Å²) in [4.78, 5) is 0. The second-order valence-electron chi connectivity index (χ2n) is 5.77. The standard InChI is InChI=1S/C17H17ClF6N2/c1-3-13-14(18)15(26(4-2)25-13)11-6-5-10(7-8-16(19,20)21)9-12(11)17(22,23)24/h5-6,9H,3-4,7-8H2,1-2H3. The first-order chi connectivity index (χ1) is 12.0. The van der Waals surface area contributed by atoms with Crippen LogP contribution in [0.3, 0.4) is 0 Å². The van der Waals surface area contributed by atoms with Gasteiger partial charge in [0.1, 0.15) is 0 Å². The predicted octanol–water partition coefficient (Wildman–Crippen LogP) is 6.30. The molecule has 0 unspecified atom stereocenters. The van der Waals surface area contributed by atoms with Gasteiger partial charge in [-0.15, -0.1) is 0 Å². The van der Waals surface area contributed by atoms with E-state index in [0.29, 0.717) is 18.7 Å². The molecule has 0 aliphatic rings. The van der Waals surface area contributed by atoms with Crippen LogP contribution in [0, 0.1) is 0 Å². The van der Waals surface area contributed by atoms with Crippen molar-refractivity contribution in [2.45, 2.75) is 52.0 Å². The van der Waals surface area contributed by atoms with Crippen LogP contribution in [-0.2, 0) is 25.6 Å². The summed E-state index contributed by atoms with van der Waals surface area (Å²) in [5, 5.41) is 4.33. The van der Waals surface area contributed by atoms with E-state index in [1.165, 1.54) is 16.8 Å². The van der Waals surface area contributed by atoms with Crippen LogP contribution in [-0.4, -0.2) is 16.0 Å². The molecule has 0 saturated heterocycles. The number of aromatic nitrogens is 2. The highest BCUT2D eigenvalue weighted by Crippen LogP contribution is 2.41. The van der Waals surface area contributed by atoms with Gasteiger partial charge in [0.2, 0.25) is 0 Å². The molecular formula is C17H17ClF6N2. The molecule has 0 aliphatic carbocycles. The molecule has 1 aromatic carbocycles. The van der Waals surface area contributed by atoms with Crippen LogP contribution in [0.15, 0.2) is 18.2 Å². The third-order valence-electron chi connectivity index (χ3n) is 3.94. The zero-order valence-corrected chi connectivity index (χ0v) is 14.9. The maximum absolute atomic E-state index is 13.5. The molecule has 0 saturated carbocycles. The highest BCUT2D eigenvalue weighted by Gasteiger charge is 2.36. The van der Waals surface area contributed by atoms with Crippen molar-refractivity contribution in [1.82, 2.24) is 9.78 Å². The minimum Gasteiger partial charge on any atom is -0.263 e. The first-order valence-electron chi connectivity index (χ1n) is 8.00. The lowest BCUT2D eigenvalue weighted by molar-refractivity contribution is -0.137. The lowest BCUT2D eigenvalue weighted by Gasteiger charge is -2.16. The van der Waals surface area contributed by atoms with Gasteiger partial charge in [-0.25, -0.2) is 0 Å². The summed E-state index contributed by atoms with van der Waals surface area (Å²) in [6.07, 6.45) is -10.4. The van der Waals surface area contributed by atoms with Crippen molar-refractivity contribution in [2.75, 3.05) is 0 Å². The highest BCUT2D eigenvalue weighted by molar-refractivity contribution is 6.33. The number of halogens is 7. The van der Waals surface area contributed by atoms with Gasteiger partial charge >= 0.3 is 12.4 Å². The third-order valence-corrected chi connectivity index (χ3v) is 4.33. The molecule has 0 radical (unpaired) electrons. The molecule has 2 aromatic rings. The van der Waals surface area contributed by atoms with Gasteiger partial charge in [0, 0.05) is 18.5 Å². The fourth-order valence-electron chi connectivity index (χ4n) is 2.68. The Morgan fingerprint density at radius 1 is 1.08 bits per heavy atom. The van der Waals surface area contributed by atoms with Crippen LogP contribution in [0.2, 0.25) is 5.02 Å². The van der Waals surface area contributed by atoms with Crippen molar-refractivity contribution >= 4 is 11.6 Å². The number of aryl methyl sites for hydroxylation is 3. The Kier molecular flexibility index (Phi) is 5.95. The van der Waals surface area contributed by atoms with Crippen molar-refractivity contribution in [3.05, 3.63) is 40.0 Å². The zero-order valence-electron chi connectivity index (χ0n) is 14.1. The largest absolute Gasteiger partial charge is 0.417 e. The first-order valence-corrected chi connectivity index (χ1v) is 8.38. The van der Waals surface area contributed by atoms with E-state index in [1.807, 2.05) is 0 Å². The van der Waals surface area contributed by atoms with E-state index in [2.05, 4.69) is 5.10 Å². The molecule has 1 heterocycles. The Balaban J connectivity index is 2.58. The number of benzene rings is 1. The minimum atomic E-state index is -4.73. The zero-order chi connectivity index (χ0) is 19.7. The lowest BCUT2D eigenvalue weighted by Crippen LogP contribution is -2.12. The maximum atomic E-state index is 13.5. The Labute approximate surface area is 151 Å². The molecule has 0 fully saturated rings. The van der Waals surface area contributed by atoms with E-state index in [4.69, 9.17) is 11.6 Å². The van der Waals surface area contributed by atoms with Crippen LogP contribution in [0.1, 0.15) is 37.1 Å². The van der Waals surface area contributed by atoms with Crippen molar-refractivity contribution in [1.29, 1.82) is 0 Å². The summed E-state index contributed by atoms with van der Waals surface area (Å²) in [5.41, 5.74) is -0.644. The normalized spacial score (nSPS) is 12.7. The molecule has 144 valence electrons. The molecular weight excluding hydrogens is 382 g/mol. The monoisotopic (exact) mass is 398 g/mol. The Morgan fingerprint density at radius 2 is 1.73 bits per heavy atom. The summed E-state index contributed by atoms with van der Waals surface area (Å²) in [7, 11) is 0. The fourth-order valence-corrected chi connectivity index (χ4v) is 3.05. The van der Waals surface area contributed by atoms with Crippen LogP contribution in [0.4, 0.5) is 26.3 Å². The summed E-state index contributed by atoms with van der Waals surface area (Å²) in [5.74, 6) is 0. The van der Waals surface area contributed by atoms with Gasteiger partial charge in [0.05, 0.1) is 22.0 Å². The molecule has 0 bridgehead atoms. The van der Waals surface area contributed by atoms with Gasteiger partial charge in [0.25, 0.3) is 0 Å².